The smallest absolute Gasteiger partial charge is 0.330 e. The molecule has 33 heavy (non-hydrogen) atoms. The number of carbonyl (C=O) groups excluding carboxylic acids is 2. The zero-order valence-corrected chi connectivity index (χ0v) is 20.4. The van der Waals surface area contributed by atoms with Gasteiger partial charge in [0.2, 0.25) is 5.60 Å². The van der Waals surface area contributed by atoms with Gasteiger partial charge < -0.3 is 26.3 Å². The van der Waals surface area contributed by atoms with Crippen molar-refractivity contribution in [2.45, 2.75) is 88.5 Å². The molecule has 2 heterocycles. The quantitative estimate of drug-likeness (QED) is 0.400. The van der Waals surface area contributed by atoms with E-state index < -0.39 is 34.5 Å². The van der Waals surface area contributed by atoms with Crippen LogP contribution in [0.2, 0.25) is 0 Å². The minimum atomic E-state index is -2.45. The zero-order valence-electron chi connectivity index (χ0n) is 19.5. The number of imidazole rings is 1. The monoisotopic (exact) mass is 477 g/mol. The molecule has 3 atom stereocenters. The fourth-order valence-corrected chi connectivity index (χ4v) is 5.33. The van der Waals surface area contributed by atoms with Crippen molar-refractivity contribution in [3.8, 4) is 0 Å². The first-order chi connectivity index (χ1) is 15.5. The number of nitrogens with zero attached hydrogens (tertiary/aromatic N) is 2. The zero-order chi connectivity index (χ0) is 24.3. The largest absolute Gasteiger partial charge is 0.458 e. The van der Waals surface area contributed by atoms with Crippen molar-refractivity contribution in [2.75, 3.05) is 0 Å². The van der Waals surface area contributed by atoms with Crippen molar-refractivity contribution >= 4 is 23.1 Å². The van der Waals surface area contributed by atoms with Crippen molar-refractivity contribution in [3.05, 3.63) is 34.8 Å². The standard InChI is InChI=1S/C23H35N5O4S/c1-21(2,3)32-20(30)22(25,12-15-7-5-4-6-8-15)23(31,19-27-9-10-33-19)18(29)17(24)11-16-13-26-14-28-16/h9-10,13-15,17,31H,4-8,11-12,24-25H2,1-3H3,(H,26,28)/t17?,22-,23-/m1/s1. The third kappa shape index (κ3) is 5.51. The molecular weight excluding hydrogens is 442 g/mol. The molecule has 6 N–H and O–H groups in total. The Bertz CT molecular complexity index is 921. The molecule has 10 heteroatoms. The molecule has 0 aliphatic heterocycles. The summed E-state index contributed by atoms with van der Waals surface area (Å²) in [6.07, 6.45) is 9.61. The number of carbonyl (C=O) groups is 2. The molecule has 1 unspecified atom stereocenters. The van der Waals surface area contributed by atoms with Gasteiger partial charge in [-0.15, -0.1) is 11.3 Å². The summed E-state index contributed by atoms with van der Waals surface area (Å²) in [6, 6.07) is -1.15. The number of rotatable bonds is 9. The molecule has 0 amide bonds. The van der Waals surface area contributed by atoms with Gasteiger partial charge in [0.15, 0.2) is 11.3 Å². The molecule has 182 valence electrons. The van der Waals surface area contributed by atoms with Crippen LogP contribution in [0.5, 0.6) is 0 Å². The van der Waals surface area contributed by atoms with Gasteiger partial charge in [-0.3, -0.25) is 4.79 Å². The maximum atomic E-state index is 13.8. The number of esters is 1. The van der Waals surface area contributed by atoms with Gasteiger partial charge in [-0.1, -0.05) is 32.1 Å². The SMILES string of the molecule is CC(C)(C)OC(=O)[C@](N)(CC1CCCCC1)[C@@](O)(C(=O)C(N)Cc1c[nH]cn1)c1nccs1. The molecule has 9 nitrogen and oxygen atoms in total. The van der Waals surface area contributed by atoms with Crippen molar-refractivity contribution in [1.29, 1.82) is 0 Å². The summed E-state index contributed by atoms with van der Waals surface area (Å²) in [5.41, 5.74) is 8.26. The second kappa shape index (κ2) is 10.0. The Morgan fingerprint density at radius 2 is 1.97 bits per heavy atom. The van der Waals surface area contributed by atoms with Gasteiger partial charge in [0.1, 0.15) is 10.6 Å². The van der Waals surface area contributed by atoms with Gasteiger partial charge >= 0.3 is 5.97 Å². The van der Waals surface area contributed by atoms with Gasteiger partial charge in [-0.05, 0) is 33.1 Å². The van der Waals surface area contributed by atoms with Crippen LogP contribution in [0.25, 0.3) is 0 Å². The van der Waals surface area contributed by atoms with Crippen LogP contribution in [0.15, 0.2) is 24.1 Å². The fraction of sp³-hybridized carbons (Fsp3) is 0.652. The predicted octanol–water partition coefficient (Wildman–Crippen LogP) is 2.20. The number of thiazole rings is 1. The summed E-state index contributed by atoms with van der Waals surface area (Å²) in [7, 11) is 0. The highest BCUT2D eigenvalue weighted by atomic mass is 32.1. The minimum Gasteiger partial charge on any atom is -0.458 e. The Kier molecular flexibility index (Phi) is 7.73. The molecule has 0 aromatic carbocycles. The number of H-pyrrole nitrogens is 1. The third-order valence-electron chi connectivity index (χ3n) is 6.16. The minimum absolute atomic E-state index is 0.0362. The maximum Gasteiger partial charge on any atom is 0.330 e. The first-order valence-electron chi connectivity index (χ1n) is 11.4. The highest BCUT2D eigenvalue weighted by Gasteiger charge is 2.63. The Labute approximate surface area is 198 Å². The van der Waals surface area contributed by atoms with Crippen LogP contribution in [0.4, 0.5) is 0 Å². The van der Waals surface area contributed by atoms with Gasteiger partial charge in [0, 0.05) is 24.2 Å². The number of aromatic amines is 1. The molecule has 1 aliphatic rings. The van der Waals surface area contributed by atoms with E-state index in [2.05, 4.69) is 15.0 Å². The Balaban J connectivity index is 2.06. The lowest BCUT2D eigenvalue weighted by Gasteiger charge is -2.44. The molecule has 1 aliphatic carbocycles. The van der Waals surface area contributed by atoms with Crippen LogP contribution in [-0.4, -0.2) is 49.0 Å². The second-order valence-electron chi connectivity index (χ2n) is 9.96. The van der Waals surface area contributed by atoms with Crippen molar-refractivity contribution in [3.63, 3.8) is 0 Å². The van der Waals surface area contributed by atoms with E-state index in [4.69, 9.17) is 16.2 Å². The second-order valence-corrected chi connectivity index (χ2v) is 10.9. The molecule has 3 rings (SSSR count). The van der Waals surface area contributed by atoms with Gasteiger partial charge in [-0.25, -0.2) is 14.8 Å². The summed E-state index contributed by atoms with van der Waals surface area (Å²) in [4.78, 5) is 38.6. The first-order valence-corrected chi connectivity index (χ1v) is 12.3. The first kappa shape index (κ1) is 25.5. The van der Waals surface area contributed by atoms with Gasteiger partial charge in [0.25, 0.3) is 0 Å². The van der Waals surface area contributed by atoms with E-state index in [0.717, 1.165) is 43.4 Å². The average molecular weight is 478 g/mol. The van der Waals surface area contributed by atoms with E-state index in [1.54, 1.807) is 32.3 Å². The Morgan fingerprint density at radius 3 is 2.52 bits per heavy atom. The number of nitrogens with one attached hydrogen (secondary N) is 1. The molecule has 0 spiro atoms. The molecule has 1 fully saturated rings. The van der Waals surface area contributed by atoms with Crippen LogP contribution >= 0.6 is 11.3 Å². The number of hydrogen-bond donors (Lipinski definition) is 4. The number of aromatic nitrogens is 3. The summed E-state index contributed by atoms with van der Waals surface area (Å²) >= 11 is 1.06. The Morgan fingerprint density at radius 1 is 1.27 bits per heavy atom. The van der Waals surface area contributed by atoms with E-state index in [-0.39, 0.29) is 23.8 Å². The van der Waals surface area contributed by atoms with E-state index >= 15 is 0 Å². The third-order valence-corrected chi connectivity index (χ3v) is 7.05. The van der Waals surface area contributed by atoms with E-state index in [0.29, 0.717) is 5.69 Å². The van der Waals surface area contributed by atoms with Crippen molar-refractivity contribution < 1.29 is 19.4 Å². The average Bonchev–Trinajstić information content (AvgIpc) is 3.46. The van der Waals surface area contributed by atoms with E-state index in [1.165, 1.54) is 12.5 Å². The molecule has 0 radical (unpaired) electrons. The van der Waals surface area contributed by atoms with Crippen molar-refractivity contribution in [1.82, 2.24) is 15.0 Å². The molecule has 0 bridgehead atoms. The number of hydrogen-bond acceptors (Lipinski definition) is 9. The topological polar surface area (TPSA) is 157 Å². The highest BCUT2D eigenvalue weighted by Crippen LogP contribution is 2.43. The highest BCUT2D eigenvalue weighted by molar-refractivity contribution is 7.09. The maximum absolute atomic E-state index is 13.8. The molecule has 2 aromatic heterocycles. The summed E-state index contributed by atoms with van der Waals surface area (Å²) < 4.78 is 5.67. The van der Waals surface area contributed by atoms with Gasteiger partial charge in [0.05, 0.1) is 18.1 Å². The van der Waals surface area contributed by atoms with Crippen LogP contribution in [-0.2, 0) is 26.3 Å². The number of aliphatic hydroxyl groups is 1. The van der Waals surface area contributed by atoms with Crippen LogP contribution < -0.4 is 11.5 Å². The molecular formula is C23H35N5O4S. The summed E-state index contributed by atoms with van der Waals surface area (Å²) in [5, 5.41) is 13.8. The van der Waals surface area contributed by atoms with Gasteiger partial charge in [-0.2, -0.15) is 0 Å². The molecule has 1 saturated carbocycles. The normalized spacial score (nSPS) is 19.9. The molecule has 0 saturated heterocycles. The number of ether oxygens (including phenoxy) is 1. The number of Topliss-reactive ketones (excluding diaryl/α,β-unsaturated/α-hetero) is 1. The van der Waals surface area contributed by atoms with E-state index in [1.807, 2.05) is 0 Å². The number of nitrogens with two attached hydrogens (primary N) is 2. The van der Waals surface area contributed by atoms with E-state index in [9.17, 15) is 14.7 Å². The molecule has 2 aromatic rings. The Hall–Kier alpha value is -2.14. The lowest BCUT2D eigenvalue weighted by Crippen LogP contribution is -2.70. The lowest BCUT2D eigenvalue weighted by molar-refractivity contribution is -0.181. The summed E-state index contributed by atoms with van der Waals surface area (Å²) in [5.74, 6) is -1.54. The summed E-state index contributed by atoms with van der Waals surface area (Å²) in [6.45, 7) is 5.17. The number of ketones is 1. The van der Waals surface area contributed by atoms with Crippen molar-refractivity contribution in [2.24, 2.45) is 17.4 Å². The van der Waals surface area contributed by atoms with Crippen LogP contribution in [0, 0.1) is 5.92 Å². The van der Waals surface area contributed by atoms with Crippen LogP contribution in [0.1, 0.15) is 70.0 Å². The lowest BCUT2D eigenvalue weighted by atomic mass is 9.68. The van der Waals surface area contributed by atoms with Crippen LogP contribution in [0.3, 0.4) is 0 Å². The fourth-order valence-electron chi connectivity index (χ4n) is 4.50. The predicted molar refractivity (Wildman–Crippen MR) is 125 cm³/mol.